The minimum Gasteiger partial charge on any atom is -0.481 e. The Hall–Kier alpha value is -1.96. The zero-order chi connectivity index (χ0) is 16.9. The Kier molecular flexibility index (Phi) is 6.48. The average Bonchev–Trinajstić information content (AvgIpc) is 2.40. The number of carbonyl (C=O) groups is 2. The standard InChI is InChI=1S/C14H17BrN2O5/c1-9(2)16(6-5-14(19)20)13(18)7-10-3-4-11(17(21)22)8-12(10)15/h3-4,8-9H,5-7H2,1-2H3,(H,19,20). The summed E-state index contributed by atoms with van der Waals surface area (Å²) in [5.41, 5.74) is 0.561. The van der Waals surface area contributed by atoms with Crippen LogP contribution in [0.15, 0.2) is 22.7 Å². The average molecular weight is 373 g/mol. The molecule has 120 valence electrons. The number of amides is 1. The number of benzene rings is 1. The van der Waals surface area contributed by atoms with Gasteiger partial charge in [0.15, 0.2) is 0 Å². The molecule has 0 fully saturated rings. The number of hydrogen-bond acceptors (Lipinski definition) is 4. The third-order valence-corrected chi connectivity index (χ3v) is 3.84. The van der Waals surface area contributed by atoms with Gasteiger partial charge in [-0.2, -0.15) is 0 Å². The molecule has 0 bridgehead atoms. The molecule has 0 heterocycles. The molecule has 0 radical (unpaired) electrons. The molecule has 22 heavy (non-hydrogen) atoms. The first-order valence-electron chi connectivity index (χ1n) is 6.66. The van der Waals surface area contributed by atoms with E-state index < -0.39 is 10.9 Å². The zero-order valence-electron chi connectivity index (χ0n) is 12.3. The summed E-state index contributed by atoms with van der Waals surface area (Å²) in [5, 5.41) is 19.4. The molecule has 0 aliphatic heterocycles. The quantitative estimate of drug-likeness (QED) is 0.585. The van der Waals surface area contributed by atoms with E-state index in [0.717, 1.165) is 0 Å². The van der Waals surface area contributed by atoms with Gasteiger partial charge in [0.05, 0.1) is 17.8 Å². The second-order valence-electron chi connectivity index (χ2n) is 5.03. The third-order valence-electron chi connectivity index (χ3n) is 3.10. The van der Waals surface area contributed by atoms with Crippen molar-refractivity contribution in [3.05, 3.63) is 38.3 Å². The van der Waals surface area contributed by atoms with Gasteiger partial charge >= 0.3 is 5.97 Å². The van der Waals surface area contributed by atoms with E-state index in [-0.39, 0.29) is 37.0 Å². The second-order valence-corrected chi connectivity index (χ2v) is 5.89. The van der Waals surface area contributed by atoms with E-state index in [2.05, 4.69) is 15.9 Å². The Balaban J connectivity index is 2.85. The minimum absolute atomic E-state index is 0.0520. The molecule has 1 N–H and O–H groups in total. The van der Waals surface area contributed by atoms with E-state index in [1.54, 1.807) is 0 Å². The SMILES string of the molecule is CC(C)N(CCC(=O)O)C(=O)Cc1ccc([N+](=O)[O-])cc1Br. The Morgan fingerprint density at radius 3 is 2.50 bits per heavy atom. The van der Waals surface area contributed by atoms with Crippen molar-refractivity contribution in [2.45, 2.75) is 32.7 Å². The molecule has 0 saturated heterocycles. The predicted octanol–water partition coefficient (Wildman–Crippen LogP) is 2.61. The Labute approximate surface area is 136 Å². The van der Waals surface area contributed by atoms with E-state index in [0.29, 0.717) is 10.0 Å². The fourth-order valence-corrected chi connectivity index (χ4v) is 2.45. The van der Waals surface area contributed by atoms with Crippen LogP contribution >= 0.6 is 15.9 Å². The molecule has 0 atom stereocenters. The van der Waals surface area contributed by atoms with Crippen molar-refractivity contribution in [1.82, 2.24) is 4.90 Å². The third kappa shape index (κ3) is 5.10. The van der Waals surface area contributed by atoms with Crippen molar-refractivity contribution >= 4 is 33.5 Å². The molecule has 0 spiro atoms. The highest BCUT2D eigenvalue weighted by molar-refractivity contribution is 9.10. The molecule has 7 nitrogen and oxygen atoms in total. The van der Waals surface area contributed by atoms with Crippen LogP contribution in [0.4, 0.5) is 5.69 Å². The van der Waals surface area contributed by atoms with Crippen LogP contribution in [0.2, 0.25) is 0 Å². The molecular formula is C14H17BrN2O5. The molecule has 0 aliphatic rings. The van der Waals surface area contributed by atoms with E-state index in [1.807, 2.05) is 13.8 Å². The van der Waals surface area contributed by atoms with Gasteiger partial charge in [-0.15, -0.1) is 0 Å². The first kappa shape index (κ1) is 18.1. The molecule has 1 aromatic carbocycles. The van der Waals surface area contributed by atoms with Crippen molar-refractivity contribution in [2.75, 3.05) is 6.54 Å². The summed E-state index contributed by atoms with van der Waals surface area (Å²) in [6, 6.07) is 4.09. The summed E-state index contributed by atoms with van der Waals surface area (Å²) in [4.78, 5) is 34.6. The molecule has 1 amide bonds. The molecule has 0 aliphatic carbocycles. The lowest BCUT2D eigenvalue weighted by Gasteiger charge is -2.26. The molecule has 8 heteroatoms. The van der Waals surface area contributed by atoms with Gasteiger partial charge in [0.25, 0.3) is 5.69 Å². The Bertz CT molecular complexity index is 589. The summed E-state index contributed by atoms with van der Waals surface area (Å²) in [6.07, 6.45) is -0.0677. The van der Waals surface area contributed by atoms with Gasteiger partial charge in [-0.3, -0.25) is 19.7 Å². The smallest absolute Gasteiger partial charge is 0.305 e. The normalized spacial score (nSPS) is 10.5. The molecule has 0 saturated carbocycles. The molecule has 0 aromatic heterocycles. The van der Waals surface area contributed by atoms with E-state index in [9.17, 15) is 19.7 Å². The number of rotatable bonds is 7. The van der Waals surface area contributed by atoms with Crippen LogP contribution in [0.5, 0.6) is 0 Å². The van der Waals surface area contributed by atoms with Gasteiger partial charge < -0.3 is 10.0 Å². The fourth-order valence-electron chi connectivity index (χ4n) is 1.94. The maximum absolute atomic E-state index is 12.3. The van der Waals surface area contributed by atoms with E-state index >= 15 is 0 Å². The van der Waals surface area contributed by atoms with Gasteiger partial charge in [0.2, 0.25) is 5.91 Å². The first-order valence-corrected chi connectivity index (χ1v) is 7.45. The van der Waals surface area contributed by atoms with Gasteiger partial charge in [0.1, 0.15) is 0 Å². The summed E-state index contributed by atoms with van der Waals surface area (Å²) in [7, 11) is 0. The number of aliphatic carboxylic acids is 1. The van der Waals surface area contributed by atoms with Gasteiger partial charge in [-0.25, -0.2) is 0 Å². The van der Waals surface area contributed by atoms with E-state index in [4.69, 9.17) is 5.11 Å². The predicted molar refractivity (Wildman–Crippen MR) is 83.6 cm³/mol. The summed E-state index contributed by atoms with van der Waals surface area (Å²) >= 11 is 3.22. The van der Waals surface area contributed by atoms with Crippen LogP contribution in [0.3, 0.4) is 0 Å². The molecule has 1 rings (SSSR count). The largest absolute Gasteiger partial charge is 0.481 e. The maximum atomic E-state index is 12.3. The summed E-state index contributed by atoms with van der Waals surface area (Å²) in [6.45, 7) is 3.76. The lowest BCUT2D eigenvalue weighted by molar-refractivity contribution is -0.384. The summed E-state index contributed by atoms with van der Waals surface area (Å²) in [5.74, 6) is -1.18. The number of hydrogen-bond donors (Lipinski definition) is 1. The number of nitrogens with zero attached hydrogens (tertiary/aromatic N) is 2. The number of halogens is 1. The van der Waals surface area contributed by atoms with Crippen LogP contribution in [-0.4, -0.2) is 39.4 Å². The van der Waals surface area contributed by atoms with Gasteiger partial charge in [0, 0.05) is 29.2 Å². The Morgan fingerprint density at radius 1 is 1.41 bits per heavy atom. The van der Waals surface area contributed by atoms with Gasteiger partial charge in [-0.05, 0) is 19.4 Å². The Morgan fingerprint density at radius 2 is 2.05 bits per heavy atom. The van der Waals surface area contributed by atoms with Crippen molar-refractivity contribution < 1.29 is 19.6 Å². The monoisotopic (exact) mass is 372 g/mol. The maximum Gasteiger partial charge on any atom is 0.305 e. The van der Waals surface area contributed by atoms with Crippen molar-refractivity contribution in [3.8, 4) is 0 Å². The summed E-state index contributed by atoms with van der Waals surface area (Å²) < 4.78 is 0.483. The lowest BCUT2D eigenvalue weighted by atomic mass is 10.1. The van der Waals surface area contributed by atoms with Crippen LogP contribution in [-0.2, 0) is 16.0 Å². The van der Waals surface area contributed by atoms with Crippen LogP contribution in [0, 0.1) is 10.1 Å². The fraction of sp³-hybridized carbons (Fsp3) is 0.429. The van der Waals surface area contributed by atoms with Crippen molar-refractivity contribution in [1.29, 1.82) is 0 Å². The molecule has 0 unspecified atom stereocenters. The second kappa shape index (κ2) is 7.88. The van der Waals surface area contributed by atoms with Crippen LogP contribution in [0.25, 0.3) is 0 Å². The zero-order valence-corrected chi connectivity index (χ0v) is 13.9. The highest BCUT2D eigenvalue weighted by atomic mass is 79.9. The van der Waals surface area contributed by atoms with Gasteiger partial charge in [-0.1, -0.05) is 22.0 Å². The lowest BCUT2D eigenvalue weighted by Crippen LogP contribution is -2.39. The van der Waals surface area contributed by atoms with Crippen LogP contribution < -0.4 is 0 Å². The number of nitro benzene ring substituents is 1. The minimum atomic E-state index is -0.963. The number of non-ortho nitro benzene ring substituents is 1. The number of carboxylic acid groups (broad SMARTS) is 1. The highest BCUT2D eigenvalue weighted by Crippen LogP contribution is 2.24. The topological polar surface area (TPSA) is 101 Å². The van der Waals surface area contributed by atoms with Crippen LogP contribution in [0.1, 0.15) is 25.8 Å². The molecular weight excluding hydrogens is 356 g/mol. The number of nitro groups is 1. The van der Waals surface area contributed by atoms with Crippen molar-refractivity contribution in [2.24, 2.45) is 0 Å². The number of carbonyl (C=O) groups excluding carboxylic acids is 1. The number of carboxylic acids is 1. The highest BCUT2D eigenvalue weighted by Gasteiger charge is 2.20. The first-order chi connectivity index (χ1) is 10.2. The van der Waals surface area contributed by atoms with Crippen molar-refractivity contribution in [3.63, 3.8) is 0 Å². The molecule has 1 aromatic rings. The van der Waals surface area contributed by atoms with E-state index in [1.165, 1.54) is 23.1 Å².